The topological polar surface area (TPSA) is 105 Å². The monoisotopic (exact) mass is 521 g/mol. The van der Waals surface area contributed by atoms with Gasteiger partial charge in [-0.3, -0.25) is 29.6 Å². The van der Waals surface area contributed by atoms with Gasteiger partial charge >= 0.3 is 5.97 Å². The Hall–Kier alpha value is -2.91. The van der Waals surface area contributed by atoms with Gasteiger partial charge in [0, 0.05) is 27.2 Å². The SMILES string of the molecule is CCc1cc(Br)ccc1NC(=O)COC(=O)[C@@H]1CC(=O)N(NC(=O)c2ccc(Cl)cc2)C1. The molecule has 32 heavy (non-hydrogen) atoms. The Bertz CT molecular complexity index is 1040. The van der Waals surface area contributed by atoms with E-state index < -0.39 is 36.2 Å². The number of amides is 3. The zero-order chi connectivity index (χ0) is 23.3. The van der Waals surface area contributed by atoms with Crippen molar-refractivity contribution in [1.82, 2.24) is 10.4 Å². The van der Waals surface area contributed by atoms with E-state index >= 15 is 0 Å². The van der Waals surface area contributed by atoms with Gasteiger partial charge in [-0.2, -0.15) is 0 Å². The third-order valence-corrected chi connectivity index (χ3v) is 5.61. The van der Waals surface area contributed by atoms with E-state index in [4.69, 9.17) is 16.3 Å². The lowest BCUT2D eigenvalue weighted by Crippen LogP contribution is -2.43. The van der Waals surface area contributed by atoms with Crippen molar-refractivity contribution in [2.45, 2.75) is 19.8 Å². The van der Waals surface area contributed by atoms with Gasteiger partial charge in [-0.15, -0.1) is 0 Å². The Kier molecular flexibility index (Phi) is 7.87. The van der Waals surface area contributed by atoms with Crippen molar-refractivity contribution in [2.24, 2.45) is 5.92 Å². The standard InChI is InChI=1S/C22H21BrClN3O5/c1-2-13-9-16(23)5-8-18(13)25-19(28)12-32-22(31)15-10-20(29)27(11-15)26-21(30)14-3-6-17(24)7-4-14/h3-9,15H,2,10-12H2,1H3,(H,25,28)(H,26,30)/t15-/m1/s1. The summed E-state index contributed by atoms with van der Waals surface area (Å²) in [6.07, 6.45) is 0.602. The van der Waals surface area contributed by atoms with Crippen LogP contribution in [0, 0.1) is 5.92 Å². The van der Waals surface area contributed by atoms with Crippen LogP contribution in [-0.2, 0) is 25.5 Å². The van der Waals surface area contributed by atoms with Gasteiger partial charge in [0.05, 0.1) is 12.5 Å². The summed E-state index contributed by atoms with van der Waals surface area (Å²) in [5.74, 6) is -2.85. The minimum atomic E-state index is -0.778. The number of nitrogens with one attached hydrogen (secondary N) is 2. The molecule has 10 heteroatoms. The van der Waals surface area contributed by atoms with Crippen LogP contribution in [0.2, 0.25) is 5.02 Å². The number of hydrogen-bond acceptors (Lipinski definition) is 5. The second-order valence-corrected chi connectivity index (χ2v) is 8.52. The molecule has 1 aliphatic rings. The third-order valence-electron chi connectivity index (χ3n) is 4.87. The van der Waals surface area contributed by atoms with Gasteiger partial charge in [-0.05, 0) is 54.4 Å². The summed E-state index contributed by atoms with van der Waals surface area (Å²) in [5, 5.41) is 4.28. The fourth-order valence-corrected chi connectivity index (χ4v) is 3.71. The number of halogens is 2. The summed E-state index contributed by atoms with van der Waals surface area (Å²) in [4.78, 5) is 49.0. The molecule has 2 aromatic rings. The van der Waals surface area contributed by atoms with E-state index in [0.29, 0.717) is 16.3 Å². The highest BCUT2D eigenvalue weighted by molar-refractivity contribution is 9.10. The molecular formula is C22H21BrClN3O5. The van der Waals surface area contributed by atoms with Crippen molar-refractivity contribution in [1.29, 1.82) is 0 Å². The van der Waals surface area contributed by atoms with Gasteiger partial charge in [-0.25, -0.2) is 0 Å². The van der Waals surface area contributed by atoms with Gasteiger partial charge in [0.2, 0.25) is 5.91 Å². The zero-order valence-corrected chi connectivity index (χ0v) is 19.5. The van der Waals surface area contributed by atoms with Crippen molar-refractivity contribution < 1.29 is 23.9 Å². The predicted octanol–water partition coefficient (Wildman–Crippen LogP) is 3.34. The van der Waals surface area contributed by atoms with E-state index in [1.165, 1.54) is 12.1 Å². The van der Waals surface area contributed by atoms with Crippen LogP contribution in [0.4, 0.5) is 5.69 Å². The summed E-state index contributed by atoms with van der Waals surface area (Å²) in [6, 6.07) is 11.6. The van der Waals surface area contributed by atoms with E-state index in [0.717, 1.165) is 21.5 Å². The van der Waals surface area contributed by atoms with Crippen LogP contribution in [0.25, 0.3) is 0 Å². The summed E-state index contributed by atoms with van der Waals surface area (Å²) in [6.45, 7) is 1.46. The van der Waals surface area contributed by atoms with E-state index in [1.54, 1.807) is 24.3 Å². The second kappa shape index (κ2) is 10.6. The first-order chi connectivity index (χ1) is 15.3. The van der Waals surface area contributed by atoms with E-state index in [2.05, 4.69) is 26.7 Å². The summed E-state index contributed by atoms with van der Waals surface area (Å²) < 4.78 is 5.99. The van der Waals surface area contributed by atoms with Gasteiger partial charge in [0.1, 0.15) is 0 Å². The molecule has 2 aromatic carbocycles. The number of nitrogens with zero attached hydrogens (tertiary/aromatic N) is 1. The van der Waals surface area contributed by atoms with Gasteiger partial charge in [0.25, 0.3) is 11.8 Å². The number of carbonyl (C=O) groups excluding carboxylic acids is 4. The van der Waals surface area contributed by atoms with Crippen LogP contribution in [0.15, 0.2) is 46.9 Å². The molecule has 0 saturated carbocycles. The van der Waals surface area contributed by atoms with Crippen molar-refractivity contribution in [3.8, 4) is 0 Å². The Morgan fingerprint density at radius 3 is 2.59 bits per heavy atom. The Labute approximate surface area is 198 Å². The third kappa shape index (κ3) is 6.08. The first-order valence-electron chi connectivity index (χ1n) is 9.88. The van der Waals surface area contributed by atoms with E-state index in [9.17, 15) is 19.2 Å². The quantitative estimate of drug-likeness (QED) is 0.543. The smallest absolute Gasteiger partial charge is 0.311 e. The van der Waals surface area contributed by atoms with Crippen LogP contribution >= 0.6 is 27.5 Å². The molecule has 0 bridgehead atoms. The molecule has 168 valence electrons. The fourth-order valence-electron chi connectivity index (χ4n) is 3.18. The number of rotatable bonds is 7. The molecule has 3 rings (SSSR count). The zero-order valence-electron chi connectivity index (χ0n) is 17.2. The highest BCUT2D eigenvalue weighted by Gasteiger charge is 2.36. The lowest BCUT2D eigenvalue weighted by Gasteiger charge is -2.17. The number of benzene rings is 2. The number of carbonyl (C=O) groups is 4. The Morgan fingerprint density at radius 1 is 1.19 bits per heavy atom. The number of esters is 1. The summed E-state index contributed by atoms with van der Waals surface area (Å²) >= 11 is 9.19. The minimum Gasteiger partial charge on any atom is -0.455 e. The molecule has 1 heterocycles. The van der Waals surface area contributed by atoms with Crippen LogP contribution in [0.3, 0.4) is 0 Å². The first kappa shape index (κ1) is 23.7. The second-order valence-electron chi connectivity index (χ2n) is 7.16. The number of hydrogen-bond donors (Lipinski definition) is 2. The molecule has 0 radical (unpaired) electrons. The maximum atomic E-state index is 12.3. The number of anilines is 1. The molecule has 8 nitrogen and oxygen atoms in total. The molecule has 0 aromatic heterocycles. The lowest BCUT2D eigenvalue weighted by molar-refractivity contribution is -0.151. The fraction of sp³-hybridized carbons (Fsp3) is 0.273. The normalized spacial score (nSPS) is 15.4. The van der Waals surface area contributed by atoms with E-state index in [1.807, 2.05) is 13.0 Å². The maximum absolute atomic E-state index is 12.3. The lowest BCUT2D eigenvalue weighted by atomic mass is 10.1. The highest BCUT2D eigenvalue weighted by atomic mass is 79.9. The molecule has 0 aliphatic carbocycles. The van der Waals surface area contributed by atoms with Crippen LogP contribution in [0.1, 0.15) is 29.3 Å². The van der Waals surface area contributed by atoms with Crippen molar-refractivity contribution in [3.63, 3.8) is 0 Å². The minimum absolute atomic E-state index is 0.0364. The molecule has 0 unspecified atom stereocenters. The van der Waals surface area contributed by atoms with Crippen LogP contribution < -0.4 is 10.7 Å². The summed E-state index contributed by atoms with van der Waals surface area (Å²) in [7, 11) is 0. The predicted molar refractivity (Wildman–Crippen MR) is 122 cm³/mol. The first-order valence-corrected chi connectivity index (χ1v) is 11.1. The average Bonchev–Trinajstić information content (AvgIpc) is 3.13. The van der Waals surface area contributed by atoms with Crippen molar-refractivity contribution in [3.05, 3.63) is 63.1 Å². The number of hydrazine groups is 1. The molecule has 3 amide bonds. The highest BCUT2D eigenvalue weighted by Crippen LogP contribution is 2.22. The summed E-state index contributed by atoms with van der Waals surface area (Å²) in [5.41, 5.74) is 4.38. The van der Waals surface area contributed by atoms with Gasteiger partial charge in [0.15, 0.2) is 6.61 Å². The van der Waals surface area contributed by atoms with Crippen LogP contribution in [-0.4, -0.2) is 41.9 Å². The van der Waals surface area contributed by atoms with Gasteiger partial charge < -0.3 is 10.1 Å². The molecule has 1 aliphatic heterocycles. The molecule has 1 fully saturated rings. The molecule has 2 N–H and O–H groups in total. The van der Waals surface area contributed by atoms with Crippen molar-refractivity contribution in [2.75, 3.05) is 18.5 Å². The molecular weight excluding hydrogens is 502 g/mol. The molecule has 1 atom stereocenters. The molecule has 1 saturated heterocycles. The maximum Gasteiger partial charge on any atom is 0.311 e. The number of aryl methyl sites for hydroxylation is 1. The molecule has 0 spiro atoms. The Morgan fingerprint density at radius 2 is 1.91 bits per heavy atom. The Balaban J connectivity index is 1.49. The number of ether oxygens (including phenoxy) is 1. The van der Waals surface area contributed by atoms with Crippen molar-refractivity contribution >= 4 is 56.9 Å². The van der Waals surface area contributed by atoms with Crippen LogP contribution in [0.5, 0.6) is 0 Å². The average molecular weight is 523 g/mol. The van der Waals surface area contributed by atoms with E-state index in [-0.39, 0.29) is 13.0 Å². The van der Waals surface area contributed by atoms with Gasteiger partial charge in [-0.1, -0.05) is 34.5 Å². The largest absolute Gasteiger partial charge is 0.455 e.